The molecule has 0 bridgehead atoms. The van der Waals surface area contributed by atoms with Crippen molar-refractivity contribution in [2.24, 2.45) is 0 Å². The predicted octanol–water partition coefficient (Wildman–Crippen LogP) is 4.01. The maximum absolute atomic E-state index is 5.74. The molecule has 2 nitrogen and oxygen atoms in total. The molecule has 2 rings (SSSR count). The van der Waals surface area contributed by atoms with Crippen LogP contribution in [0, 0.1) is 6.92 Å². The Morgan fingerprint density at radius 3 is 3.00 bits per heavy atom. The summed E-state index contributed by atoms with van der Waals surface area (Å²) in [6.07, 6.45) is 2.55. The molecule has 0 aliphatic carbocycles. The van der Waals surface area contributed by atoms with Crippen LogP contribution in [0.1, 0.15) is 35.7 Å². The fourth-order valence-corrected chi connectivity index (χ4v) is 2.98. The lowest BCUT2D eigenvalue weighted by molar-refractivity contribution is 0.110. The summed E-state index contributed by atoms with van der Waals surface area (Å²) in [6.45, 7) is 5.69. The first-order chi connectivity index (χ1) is 8.22. The smallest absolute Gasteiger partial charge is 0.123 e. The number of alkyl halides is 1. The molecule has 0 saturated carbocycles. The number of hydrogen-bond acceptors (Lipinski definition) is 2. The number of hydrogen-bond donors (Lipinski definition) is 0. The predicted molar refractivity (Wildman–Crippen MR) is 73.0 cm³/mol. The third-order valence-electron chi connectivity index (χ3n) is 3.05. The molecule has 0 aromatic heterocycles. The monoisotopic (exact) mass is 298 g/mol. The van der Waals surface area contributed by atoms with Gasteiger partial charge in [0.15, 0.2) is 0 Å². The molecule has 1 aliphatic rings. The van der Waals surface area contributed by atoms with E-state index < -0.39 is 0 Å². The average molecular weight is 299 g/mol. The summed E-state index contributed by atoms with van der Waals surface area (Å²) in [6, 6.07) is 6.33. The topological polar surface area (TPSA) is 18.5 Å². The molecule has 3 heteroatoms. The number of aryl methyl sites for hydroxylation is 1. The van der Waals surface area contributed by atoms with Gasteiger partial charge in [0.1, 0.15) is 5.75 Å². The largest absolute Gasteiger partial charge is 0.494 e. The fourth-order valence-electron chi connectivity index (χ4n) is 2.20. The summed E-state index contributed by atoms with van der Waals surface area (Å²) in [4.78, 5) is 0.228. The van der Waals surface area contributed by atoms with E-state index >= 15 is 0 Å². The summed E-state index contributed by atoms with van der Waals surface area (Å²) < 4.78 is 11.4. The Balaban J connectivity index is 2.24. The van der Waals surface area contributed by atoms with Crippen LogP contribution in [0.4, 0.5) is 0 Å². The zero-order valence-corrected chi connectivity index (χ0v) is 12.0. The van der Waals surface area contributed by atoms with Gasteiger partial charge in [-0.2, -0.15) is 0 Å². The lowest BCUT2D eigenvalue weighted by Crippen LogP contribution is -2.13. The van der Waals surface area contributed by atoms with Crippen LogP contribution in [-0.2, 0) is 4.74 Å². The molecule has 0 N–H and O–H groups in total. The molecule has 0 amide bonds. The number of ether oxygens (including phenoxy) is 2. The van der Waals surface area contributed by atoms with Gasteiger partial charge in [-0.15, -0.1) is 0 Å². The molecule has 0 radical (unpaired) electrons. The second-order valence-electron chi connectivity index (χ2n) is 4.43. The van der Waals surface area contributed by atoms with Crippen molar-refractivity contribution in [3.05, 3.63) is 29.3 Å². The minimum absolute atomic E-state index is 0.228. The van der Waals surface area contributed by atoms with E-state index in [1.54, 1.807) is 0 Å². The summed E-state index contributed by atoms with van der Waals surface area (Å²) in [5, 5.41) is 0. The number of benzene rings is 1. The van der Waals surface area contributed by atoms with Gasteiger partial charge < -0.3 is 9.47 Å². The van der Waals surface area contributed by atoms with Gasteiger partial charge >= 0.3 is 0 Å². The highest BCUT2D eigenvalue weighted by Gasteiger charge is 2.27. The summed E-state index contributed by atoms with van der Waals surface area (Å²) >= 11 is 3.76. The Bertz CT molecular complexity index is 372. The molecule has 17 heavy (non-hydrogen) atoms. The number of rotatable bonds is 4. The van der Waals surface area contributed by atoms with E-state index in [4.69, 9.17) is 9.47 Å². The minimum atomic E-state index is 0.228. The minimum Gasteiger partial charge on any atom is -0.494 e. The molecule has 2 atom stereocenters. The van der Waals surface area contributed by atoms with Gasteiger partial charge in [0.2, 0.25) is 0 Å². The highest BCUT2D eigenvalue weighted by molar-refractivity contribution is 9.09. The molecule has 0 spiro atoms. The molecular formula is C14H19BrO2. The van der Waals surface area contributed by atoms with E-state index in [0.717, 1.165) is 25.2 Å². The normalized spacial score (nSPS) is 21.5. The lowest BCUT2D eigenvalue weighted by atomic mass is 10.0. The first-order valence-corrected chi connectivity index (χ1v) is 7.13. The SMILES string of the molecule is CCOc1ccc(C)cc1C(Br)C1CCCO1. The Hall–Kier alpha value is -0.540. The van der Waals surface area contributed by atoms with E-state index in [0.29, 0.717) is 6.61 Å². The van der Waals surface area contributed by atoms with Crippen molar-refractivity contribution in [1.29, 1.82) is 0 Å². The molecule has 1 saturated heterocycles. The van der Waals surface area contributed by atoms with Gasteiger partial charge in [-0.05, 0) is 32.8 Å². The van der Waals surface area contributed by atoms with Gasteiger partial charge in [-0.3, -0.25) is 0 Å². The zero-order valence-electron chi connectivity index (χ0n) is 10.4. The Labute approximate surface area is 111 Å². The highest BCUT2D eigenvalue weighted by atomic mass is 79.9. The molecular weight excluding hydrogens is 280 g/mol. The van der Waals surface area contributed by atoms with E-state index in [-0.39, 0.29) is 10.9 Å². The summed E-state index contributed by atoms with van der Waals surface area (Å²) in [5.74, 6) is 0.968. The van der Waals surface area contributed by atoms with Crippen LogP contribution in [0.2, 0.25) is 0 Å². The Morgan fingerprint density at radius 1 is 1.53 bits per heavy atom. The molecule has 1 aromatic rings. The highest BCUT2D eigenvalue weighted by Crippen LogP contribution is 2.39. The zero-order chi connectivity index (χ0) is 12.3. The number of halogens is 1. The quantitative estimate of drug-likeness (QED) is 0.782. The van der Waals surface area contributed by atoms with Crippen LogP contribution in [-0.4, -0.2) is 19.3 Å². The van der Waals surface area contributed by atoms with E-state index in [1.165, 1.54) is 11.1 Å². The standard InChI is InChI=1S/C14H19BrO2/c1-3-16-12-7-6-10(2)9-11(12)14(15)13-5-4-8-17-13/h6-7,9,13-14H,3-5,8H2,1-2H3. The molecule has 1 fully saturated rings. The van der Waals surface area contributed by atoms with Crippen LogP contribution in [0.3, 0.4) is 0 Å². The van der Waals surface area contributed by atoms with Crippen molar-refractivity contribution in [3.63, 3.8) is 0 Å². The van der Waals surface area contributed by atoms with Crippen LogP contribution in [0.15, 0.2) is 18.2 Å². The van der Waals surface area contributed by atoms with Gasteiger partial charge in [-0.1, -0.05) is 33.6 Å². The van der Waals surface area contributed by atoms with Crippen molar-refractivity contribution in [2.75, 3.05) is 13.2 Å². The van der Waals surface area contributed by atoms with Gasteiger partial charge in [0, 0.05) is 12.2 Å². The maximum Gasteiger partial charge on any atom is 0.123 e. The van der Waals surface area contributed by atoms with Gasteiger partial charge in [0.25, 0.3) is 0 Å². The molecule has 1 aliphatic heterocycles. The van der Waals surface area contributed by atoms with Crippen LogP contribution in [0.5, 0.6) is 5.75 Å². The molecule has 1 aromatic carbocycles. The first kappa shape index (κ1) is 12.9. The van der Waals surface area contributed by atoms with Gasteiger partial charge in [0.05, 0.1) is 17.5 Å². The molecule has 2 unspecified atom stereocenters. The Morgan fingerprint density at radius 2 is 2.35 bits per heavy atom. The molecule has 1 heterocycles. The van der Waals surface area contributed by atoms with Gasteiger partial charge in [-0.25, -0.2) is 0 Å². The Kier molecular flexibility index (Phi) is 4.46. The van der Waals surface area contributed by atoms with Crippen LogP contribution in [0.25, 0.3) is 0 Å². The van der Waals surface area contributed by atoms with Crippen molar-refractivity contribution >= 4 is 15.9 Å². The first-order valence-electron chi connectivity index (χ1n) is 6.21. The maximum atomic E-state index is 5.74. The van der Waals surface area contributed by atoms with Crippen LogP contribution >= 0.6 is 15.9 Å². The second kappa shape index (κ2) is 5.87. The fraction of sp³-hybridized carbons (Fsp3) is 0.571. The van der Waals surface area contributed by atoms with E-state index in [2.05, 4.69) is 41.1 Å². The third-order valence-corrected chi connectivity index (χ3v) is 4.14. The summed E-state index contributed by atoms with van der Waals surface area (Å²) in [7, 11) is 0. The summed E-state index contributed by atoms with van der Waals surface area (Å²) in [5.41, 5.74) is 2.46. The average Bonchev–Trinajstić information content (AvgIpc) is 2.84. The molecule has 94 valence electrons. The van der Waals surface area contributed by atoms with Crippen molar-refractivity contribution in [3.8, 4) is 5.75 Å². The van der Waals surface area contributed by atoms with E-state index in [1.807, 2.05) is 6.92 Å². The third kappa shape index (κ3) is 3.02. The van der Waals surface area contributed by atoms with E-state index in [9.17, 15) is 0 Å². The van der Waals surface area contributed by atoms with Crippen molar-refractivity contribution < 1.29 is 9.47 Å². The lowest BCUT2D eigenvalue weighted by Gasteiger charge is -2.20. The van der Waals surface area contributed by atoms with Crippen LogP contribution < -0.4 is 4.74 Å². The second-order valence-corrected chi connectivity index (χ2v) is 5.41. The van der Waals surface area contributed by atoms with Crippen molar-refractivity contribution in [1.82, 2.24) is 0 Å². The van der Waals surface area contributed by atoms with Crippen molar-refractivity contribution in [2.45, 2.75) is 37.6 Å².